The lowest BCUT2D eigenvalue weighted by atomic mass is 10.2. The quantitative estimate of drug-likeness (QED) is 0.722. The van der Waals surface area contributed by atoms with Gasteiger partial charge in [-0.15, -0.1) is 0 Å². The number of hydrogen-bond donors (Lipinski definition) is 2. The molecule has 1 aromatic rings. The molecule has 0 saturated carbocycles. The minimum absolute atomic E-state index is 0.0411. The highest BCUT2D eigenvalue weighted by molar-refractivity contribution is 5.93. The van der Waals surface area contributed by atoms with Crippen LogP contribution >= 0.6 is 0 Å². The Balaban J connectivity index is 0.000000336. The molecule has 0 aromatic heterocycles. The molecule has 0 unspecified atom stereocenters. The van der Waals surface area contributed by atoms with Crippen LogP contribution in [-0.4, -0.2) is 19.5 Å². The second-order valence-corrected chi connectivity index (χ2v) is 2.75. The lowest BCUT2D eigenvalue weighted by Gasteiger charge is -1.96. The maximum absolute atomic E-state index is 10.9. The van der Waals surface area contributed by atoms with Crippen molar-refractivity contribution in [2.75, 3.05) is 13.6 Å². The topological polar surface area (TPSA) is 55.1 Å². The third kappa shape index (κ3) is 6.46. The molecule has 0 aliphatic rings. The van der Waals surface area contributed by atoms with Gasteiger partial charge in [0.2, 0.25) is 0 Å². The molecule has 0 aliphatic carbocycles. The first kappa shape index (κ1) is 13.4. The van der Waals surface area contributed by atoms with Crippen LogP contribution in [-0.2, 0) is 0 Å². The van der Waals surface area contributed by atoms with E-state index in [0.29, 0.717) is 12.1 Å². The predicted molar refractivity (Wildman–Crippen MR) is 63.7 cm³/mol. The van der Waals surface area contributed by atoms with Crippen LogP contribution in [0.15, 0.2) is 42.5 Å². The van der Waals surface area contributed by atoms with Crippen molar-refractivity contribution in [2.45, 2.75) is 6.92 Å². The Hall–Kier alpha value is -1.61. The molecule has 0 spiro atoms. The molecule has 0 aliphatic heterocycles. The van der Waals surface area contributed by atoms with Crippen LogP contribution in [0.2, 0.25) is 0 Å². The fraction of sp³-hybridized carbons (Fsp3) is 0.250. The predicted octanol–water partition coefficient (Wildman–Crippen LogP) is 1.57. The van der Waals surface area contributed by atoms with Gasteiger partial charge in [-0.25, -0.2) is 0 Å². The second kappa shape index (κ2) is 8.97. The van der Waals surface area contributed by atoms with Crippen molar-refractivity contribution in [3.05, 3.63) is 48.0 Å². The van der Waals surface area contributed by atoms with Crippen molar-refractivity contribution >= 4 is 5.91 Å². The highest BCUT2D eigenvalue weighted by Gasteiger charge is 1.97. The van der Waals surface area contributed by atoms with E-state index < -0.39 is 0 Å². The SMILES string of the molecule is CC=CCN.CNC(=O)c1ccccc1. The summed E-state index contributed by atoms with van der Waals surface area (Å²) < 4.78 is 0. The third-order valence-electron chi connectivity index (χ3n) is 1.63. The Bertz CT molecular complexity index is 294. The summed E-state index contributed by atoms with van der Waals surface area (Å²) >= 11 is 0. The molecular weight excluding hydrogens is 188 g/mol. The summed E-state index contributed by atoms with van der Waals surface area (Å²) in [6.07, 6.45) is 3.83. The van der Waals surface area contributed by atoms with Gasteiger partial charge in [-0.05, 0) is 19.1 Å². The molecule has 0 atom stereocenters. The van der Waals surface area contributed by atoms with Crippen LogP contribution < -0.4 is 11.1 Å². The van der Waals surface area contributed by atoms with E-state index in [1.165, 1.54) is 0 Å². The van der Waals surface area contributed by atoms with Gasteiger partial charge in [-0.1, -0.05) is 30.4 Å². The van der Waals surface area contributed by atoms with E-state index in [0.717, 1.165) is 0 Å². The lowest BCUT2D eigenvalue weighted by molar-refractivity contribution is 0.0963. The third-order valence-corrected chi connectivity index (χ3v) is 1.63. The average molecular weight is 206 g/mol. The Morgan fingerprint density at radius 2 is 2.00 bits per heavy atom. The van der Waals surface area contributed by atoms with Gasteiger partial charge in [0.15, 0.2) is 0 Å². The summed E-state index contributed by atoms with van der Waals surface area (Å²) in [4.78, 5) is 10.9. The van der Waals surface area contributed by atoms with Gasteiger partial charge in [0, 0.05) is 19.2 Å². The largest absolute Gasteiger partial charge is 0.355 e. The van der Waals surface area contributed by atoms with Gasteiger partial charge in [0.25, 0.3) is 5.91 Å². The van der Waals surface area contributed by atoms with Crippen LogP contribution in [0.4, 0.5) is 0 Å². The Morgan fingerprint density at radius 1 is 1.40 bits per heavy atom. The fourth-order valence-electron chi connectivity index (χ4n) is 0.870. The molecule has 1 aromatic carbocycles. The number of carbonyl (C=O) groups is 1. The molecule has 0 heterocycles. The van der Waals surface area contributed by atoms with Gasteiger partial charge >= 0.3 is 0 Å². The summed E-state index contributed by atoms with van der Waals surface area (Å²) in [6, 6.07) is 9.11. The molecule has 3 heteroatoms. The first-order valence-electron chi connectivity index (χ1n) is 4.84. The standard InChI is InChI=1S/C8H9NO.C4H9N/c1-9-8(10)7-5-3-2-4-6-7;1-2-3-4-5/h2-6H,1H3,(H,9,10);2-3H,4-5H2,1H3. The van der Waals surface area contributed by atoms with Gasteiger partial charge in [0.05, 0.1) is 0 Å². The molecule has 0 fully saturated rings. The molecule has 0 saturated heterocycles. The van der Waals surface area contributed by atoms with Gasteiger partial charge < -0.3 is 11.1 Å². The smallest absolute Gasteiger partial charge is 0.251 e. The monoisotopic (exact) mass is 206 g/mol. The number of benzene rings is 1. The van der Waals surface area contributed by atoms with Crippen LogP contribution in [0, 0.1) is 0 Å². The van der Waals surface area contributed by atoms with Crippen molar-refractivity contribution in [3.8, 4) is 0 Å². The summed E-state index contributed by atoms with van der Waals surface area (Å²) in [6.45, 7) is 2.61. The number of rotatable bonds is 2. The average Bonchev–Trinajstić information content (AvgIpc) is 2.31. The van der Waals surface area contributed by atoms with Crippen molar-refractivity contribution in [1.82, 2.24) is 5.32 Å². The van der Waals surface area contributed by atoms with Crippen molar-refractivity contribution in [1.29, 1.82) is 0 Å². The molecule has 1 amide bonds. The molecule has 0 radical (unpaired) electrons. The van der Waals surface area contributed by atoms with E-state index in [1.54, 1.807) is 19.2 Å². The first-order valence-corrected chi connectivity index (χ1v) is 4.84. The molecule has 15 heavy (non-hydrogen) atoms. The second-order valence-electron chi connectivity index (χ2n) is 2.75. The highest BCUT2D eigenvalue weighted by atomic mass is 16.1. The molecular formula is C12H18N2O. The number of hydrogen-bond acceptors (Lipinski definition) is 2. The maximum Gasteiger partial charge on any atom is 0.251 e. The Kier molecular flexibility index (Phi) is 8.00. The minimum Gasteiger partial charge on any atom is -0.355 e. The number of nitrogens with one attached hydrogen (secondary N) is 1. The summed E-state index contributed by atoms with van der Waals surface area (Å²) in [5.41, 5.74) is 5.75. The minimum atomic E-state index is -0.0411. The highest BCUT2D eigenvalue weighted by Crippen LogP contribution is 1.96. The van der Waals surface area contributed by atoms with Crippen molar-refractivity contribution in [2.24, 2.45) is 5.73 Å². The zero-order valence-electron chi connectivity index (χ0n) is 9.23. The van der Waals surface area contributed by atoms with Crippen molar-refractivity contribution in [3.63, 3.8) is 0 Å². The number of nitrogens with two attached hydrogens (primary N) is 1. The van der Waals surface area contributed by atoms with Gasteiger partial charge in [-0.3, -0.25) is 4.79 Å². The number of amides is 1. The van der Waals surface area contributed by atoms with Crippen LogP contribution in [0.1, 0.15) is 17.3 Å². The summed E-state index contributed by atoms with van der Waals surface area (Å²) in [5, 5.41) is 2.54. The summed E-state index contributed by atoms with van der Waals surface area (Å²) in [7, 11) is 1.62. The molecule has 0 bridgehead atoms. The fourth-order valence-corrected chi connectivity index (χ4v) is 0.870. The number of allylic oxidation sites excluding steroid dienone is 1. The van der Waals surface area contributed by atoms with Gasteiger partial charge in [0.1, 0.15) is 0 Å². The molecule has 3 N–H and O–H groups in total. The maximum atomic E-state index is 10.9. The van der Waals surface area contributed by atoms with E-state index >= 15 is 0 Å². The van der Waals surface area contributed by atoms with E-state index in [1.807, 2.05) is 37.3 Å². The zero-order valence-corrected chi connectivity index (χ0v) is 9.23. The summed E-state index contributed by atoms with van der Waals surface area (Å²) in [5.74, 6) is -0.0411. The lowest BCUT2D eigenvalue weighted by Crippen LogP contribution is -2.17. The molecule has 3 nitrogen and oxygen atoms in total. The first-order chi connectivity index (χ1) is 7.26. The van der Waals surface area contributed by atoms with Crippen LogP contribution in [0.3, 0.4) is 0 Å². The van der Waals surface area contributed by atoms with E-state index in [9.17, 15) is 4.79 Å². The van der Waals surface area contributed by atoms with Crippen LogP contribution in [0.5, 0.6) is 0 Å². The molecule has 1 rings (SSSR count). The van der Waals surface area contributed by atoms with E-state index in [4.69, 9.17) is 5.73 Å². The van der Waals surface area contributed by atoms with E-state index in [2.05, 4.69) is 5.32 Å². The normalized spacial score (nSPS) is 9.27. The van der Waals surface area contributed by atoms with Crippen LogP contribution in [0.25, 0.3) is 0 Å². The number of carbonyl (C=O) groups excluding carboxylic acids is 1. The Labute approximate surface area is 91.0 Å². The zero-order chi connectivity index (χ0) is 11.5. The van der Waals surface area contributed by atoms with Gasteiger partial charge in [-0.2, -0.15) is 0 Å². The van der Waals surface area contributed by atoms with E-state index in [-0.39, 0.29) is 5.91 Å². The molecule has 82 valence electrons. The Morgan fingerprint density at radius 3 is 2.33 bits per heavy atom. The van der Waals surface area contributed by atoms with Crippen molar-refractivity contribution < 1.29 is 4.79 Å².